The van der Waals surface area contributed by atoms with Crippen LogP contribution in [0.2, 0.25) is 0 Å². The molecule has 6 heteroatoms. The first-order chi connectivity index (χ1) is 13.6. The Hall–Kier alpha value is -2.63. The Kier molecular flexibility index (Phi) is 6.85. The zero-order chi connectivity index (χ0) is 19.9. The first-order valence-electron chi connectivity index (χ1n) is 10.3. The molecule has 1 aliphatic heterocycles. The summed E-state index contributed by atoms with van der Waals surface area (Å²) in [6.07, 6.45) is 7.86. The highest BCUT2D eigenvalue weighted by atomic mass is 16.2. The van der Waals surface area contributed by atoms with Crippen LogP contribution in [0.25, 0.3) is 10.9 Å². The largest absolute Gasteiger partial charge is 0.349 e. The quantitative estimate of drug-likeness (QED) is 0.454. The Balaban J connectivity index is 1.81. The molecule has 1 fully saturated rings. The standard InChI is InChI=1S/C22H29N3O3/c1-2-3-12-23-22(28)21(27)18-15-25(19-11-7-6-10-17(18)19)16-20(26)24-13-8-4-5-9-14-24/h6-7,10-11,15H,2-5,8-9,12-14,16H2,1H3,(H,23,28). The monoisotopic (exact) mass is 383 g/mol. The van der Waals surface area contributed by atoms with Crippen LogP contribution in [0, 0.1) is 0 Å². The molecule has 28 heavy (non-hydrogen) atoms. The van der Waals surface area contributed by atoms with Crippen molar-refractivity contribution in [1.82, 2.24) is 14.8 Å². The Morgan fingerprint density at radius 3 is 2.46 bits per heavy atom. The summed E-state index contributed by atoms with van der Waals surface area (Å²) in [6, 6.07) is 7.44. The molecule has 2 amide bonds. The van der Waals surface area contributed by atoms with Crippen molar-refractivity contribution in [1.29, 1.82) is 0 Å². The van der Waals surface area contributed by atoms with Crippen molar-refractivity contribution in [3.8, 4) is 0 Å². The average Bonchev–Trinajstić information content (AvgIpc) is 2.88. The highest BCUT2D eigenvalue weighted by Gasteiger charge is 2.23. The van der Waals surface area contributed by atoms with Gasteiger partial charge in [-0.05, 0) is 25.3 Å². The molecule has 2 heterocycles. The number of carbonyl (C=O) groups is 3. The number of benzene rings is 1. The summed E-state index contributed by atoms with van der Waals surface area (Å²) in [5.74, 6) is -1.07. The van der Waals surface area contributed by atoms with Gasteiger partial charge in [0.1, 0.15) is 6.54 Å². The molecule has 2 aromatic rings. The fourth-order valence-electron chi connectivity index (χ4n) is 3.71. The van der Waals surface area contributed by atoms with Gasteiger partial charge in [-0.15, -0.1) is 0 Å². The minimum Gasteiger partial charge on any atom is -0.349 e. The molecule has 0 unspecified atom stereocenters. The van der Waals surface area contributed by atoms with Crippen molar-refractivity contribution in [2.24, 2.45) is 0 Å². The van der Waals surface area contributed by atoms with Gasteiger partial charge in [-0.3, -0.25) is 14.4 Å². The van der Waals surface area contributed by atoms with Gasteiger partial charge in [-0.2, -0.15) is 0 Å². The zero-order valence-corrected chi connectivity index (χ0v) is 16.6. The van der Waals surface area contributed by atoms with Crippen molar-refractivity contribution in [2.45, 2.75) is 52.0 Å². The van der Waals surface area contributed by atoms with Crippen LogP contribution >= 0.6 is 0 Å². The molecule has 0 atom stereocenters. The van der Waals surface area contributed by atoms with Crippen LogP contribution in [0.5, 0.6) is 0 Å². The Bertz CT molecular complexity index is 848. The van der Waals surface area contributed by atoms with E-state index in [0.717, 1.165) is 44.3 Å². The molecule has 0 spiro atoms. The number of Topliss-reactive ketones (excluding diaryl/α,β-unsaturated/α-hetero) is 1. The Labute approximate surface area is 165 Å². The van der Waals surface area contributed by atoms with E-state index in [1.807, 2.05) is 36.1 Å². The van der Waals surface area contributed by atoms with Gasteiger partial charge in [0.05, 0.1) is 5.56 Å². The van der Waals surface area contributed by atoms with Gasteiger partial charge in [-0.1, -0.05) is 44.4 Å². The fraction of sp³-hybridized carbons (Fsp3) is 0.500. The highest BCUT2D eigenvalue weighted by Crippen LogP contribution is 2.22. The number of fused-ring (bicyclic) bond motifs is 1. The van der Waals surface area contributed by atoms with E-state index in [4.69, 9.17) is 0 Å². The number of para-hydroxylation sites is 1. The summed E-state index contributed by atoms with van der Waals surface area (Å²) >= 11 is 0. The first-order valence-corrected chi connectivity index (χ1v) is 10.3. The molecule has 150 valence electrons. The van der Waals surface area contributed by atoms with Crippen LogP contribution in [0.4, 0.5) is 0 Å². The van der Waals surface area contributed by atoms with Gasteiger partial charge in [0.25, 0.3) is 11.7 Å². The third-order valence-corrected chi connectivity index (χ3v) is 5.32. The summed E-state index contributed by atoms with van der Waals surface area (Å²) in [6.45, 7) is 4.30. The van der Waals surface area contributed by atoms with Crippen molar-refractivity contribution >= 4 is 28.5 Å². The van der Waals surface area contributed by atoms with Crippen molar-refractivity contribution < 1.29 is 14.4 Å². The molecule has 1 aromatic carbocycles. The number of rotatable bonds is 7. The SMILES string of the molecule is CCCCNC(=O)C(=O)c1cn(CC(=O)N2CCCCCC2)c2ccccc12. The number of carbonyl (C=O) groups excluding carboxylic acids is 3. The molecule has 0 bridgehead atoms. The van der Waals surface area contributed by atoms with E-state index in [0.29, 0.717) is 17.5 Å². The molecule has 1 aromatic heterocycles. The van der Waals surface area contributed by atoms with E-state index in [2.05, 4.69) is 5.32 Å². The summed E-state index contributed by atoms with van der Waals surface area (Å²) in [7, 11) is 0. The lowest BCUT2D eigenvalue weighted by Gasteiger charge is -2.20. The van der Waals surface area contributed by atoms with Crippen molar-refractivity contribution in [2.75, 3.05) is 19.6 Å². The second kappa shape index (κ2) is 9.53. The average molecular weight is 383 g/mol. The first kappa shape index (κ1) is 20.1. The summed E-state index contributed by atoms with van der Waals surface area (Å²) in [5, 5.41) is 3.39. The van der Waals surface area contributed by atoms with Gasteiger partial charge in [0, 0.05) is 36.7 Å². The lowest BCUT2D eigenvalue weighted by Crippen LogP contribution is -2.34. The van der Waals surface area contributed by atoms with Gasteiger partial charge in [0.2, 0.25) is 5.91 Å². The Morgan fingerprint density at radius 2 is 1.75 bits per heavy atom. The van der Waals surface area contributed by atoms with Gasteiger partial charge < -0.3 is 14.8 Å². The second-order valence-corrected chi connectivity index (χ2v) is 7.42. The lowest BCUT2D eigenvalue weighted by atomic mass is 10.1. The van der Waals surface area contributed by atoms with Crippen LogP contribution in [-0.2, 0) is 16.1 Å². The summed E-state index contributed by atoms with van der Waals surface area (Å²) < 4.78 is 1.80. The minimum atomic E-state index is -0.588. The molecule has 6 nitrogen and oxygen atoms in total. The minimum absolute atomic E-state index is 0.0639. The number of hydrogen-bond acceptors (Lipinski definition) is 3. The molecule has 1 saturated heterocycles. The Morgan fingerprint density at radius 1 is 1.04 bits per heavy atom. The molecular weight excluding hydrogens is 354 g/mol. The second-order valence-electron chi connectivity index (χ2n) is 7.42. The fourth-order valence-corrected chi connectivity index (χ4v) is 3.71. The summed E-state index contributed by atoms with van der Waals surface area (Å²) in [5.41, 5.74) is 1.16. The van der Waals surface area contributed by atoms with Crippen LogP contribution in [0.1, 0.15) is 55.8 Å². The lowest BCUT2D eigenvalue weighted by molar-refractivity contribution is -0.131. The third-order valence-electron chi connectivity index (χ3n) is 5.32. The van der Waals surface area contributed by atoms with Crippen LogP contribution in [0.3, 0.4) is 0 Å². The predicted octanol–water partition coefficient (Wildman–Crippen LogP) is 3.14. The number of likely N-dealkylation sites (tertiary alicyclic amines) is 1. The number of aromatic nitrogens is 1. The normalized spacial score (nSPS) is 14.7. The smallest absolute Gasteiger partial charge is 0.292 e. The molecule has 1 aliphatic rings. The van der Waals surface area contributed by atoms with E-state index in [-0.39, 0.29) is 12.5 Å². The van der Waals surface area contributed by atoms with E-state index >= 15 is 0 Å². The maximum Gasteiger partial charge on any atom is 0.292 e. The van der Waals surface area contributed by atoms with Crippen molar-refractivity contribution in [3.05, 3.63) is 36.0 Å². The maximum atomic E-state index is 12.8. The molecule has 0 radical (unpaired) electrons. The predicted molar refractivity (Wildman–Crippen MR) is 109 cm³/mol. The van der Waals surface area contributed by atoms with E-state index in [1.165, 1.54) is 12.8 Å². The summed E-state index contributed by atoms with van der Waals surface area (Å²) in [4.78, 5) is 39.6. The molecule has 1 N–H and O–H groups in total. The van der Waals surface area contributed by atoms with Gasteiger partial charge in [-0.25, -0.2) is 0 Å². The molecule has 0 saturated carbocycles. The third kappa shape index (κ3) is 4.61. The van der Waals surface area contributed by atoms with Gasteiger partial charge in [0.15, 0.2) is 0 Å². The highest BCUT2D eigenvalue weighted by molar-refractivity contribution is 6.45. The number of hydrogen-bond donors (Lipinski definition) is 1. The van der Waals surface area contributed by atoms with Gasteiger partial charge >= 0.3 is 0 Å². The van der Waals surface area contributed by atoms with E-state index in [1.54, 1.807) is 10.8 Å². The number of nitrogens with zero attached hydrogens (tertiary/aromatic N) is 2. The maximum absolute atomic E-state index is 12.8. The van der Waals surface area contributed by atoms with E-state index in [9.17, 15) is 14.4 Å². The van der Waals surface area contributed by atoms with Crippen LogP contribution in [-0.4, -0.2) is 46.7 Å². The topological polar surface area (TPSA) is 71.4 Å². The number of unbranched alkanes of at least 4 members (excludes halogenated alkanes) is 1. The van der Waals surface area contributed by atoms with Crippen molar-refractivity contribution in [3.63, 3.8) is 0 Å². The number of amides is 2. The number of ketones is 1. The van der Waals surface area contributed by atoms with Crippen LogP contribution in [0.15, 0.2) is 30.5 Å². The number of nitrogens with one attached hydrogen (secondary N) is 1. The van der Waals surface area contributed by atoms with E-state index < -0.39 is 11.7 Å². The zero-order valence-electron chi connectivity index (χ0n) is 16.6. The molecular formula is C22H29N3O3. The van der Waals surface area contributed by atoms with Crippen LogP contribution < -0.4 is 5.32 Å². The molecule has 0 aliphatic carbocycles. The molecule has 3 rings (SSSR count).